The molecule has 14 heavy (non-hydrogen) atoms. The normalized spacial score (nSPS) is 14.7. The standard InChI is InChI=1S/C8H9NO5/c1-8(9,7(12)13)5-3-2-4(14-5)6(10)11/h2-3H,9H2,1H3,(H,10,11)(H,12,13)/t8-/m1/s1. The molecule has 6 nitrogen and oxygen atoms in total. The molecule has 1 aromatic rings. The largest absolute Gasteiger partial charge is 0.480 e. The number of carboxylic acid groups (broad SMARTS) is 2. The third-order valence-corrected chi connectivity index (χ3v) is 1.77. The Morgan fingerprint density at radius 2 is 2.00 bits per heavy atom. The number of furan rings is 1. The van der Waals surface area contributed by atoms with Gasteiger partial charge in [0.25, 0.3) is 0 Å². The summed E-state index contributed by atoms with van der Waals surface area (Å²) >= 11 is 0. The number of hydrogen-bond donors (Lipinski definition) is 3. The average molecular weight is 199 g/mol. The summed E-state index contributed by atoms with van der Waals surface area (Å²) in [4.78, 5) is 21.1. The number of carbonyl (C=O) groups is 2. The van der Waals surface area contributed by atoms with Gasteiger partial charge in [0.05, 0.1) is 0 Å². The molecule has 0 aromatic carbocycles. The van der Waals surface area contributed by atoms with Gasteiger partial charge in [-0.2, -0.15) is 0 Å². The van der Waals surface area contributed by atoms with Crippen molar-refractivity contribution in [2.45, 2.75) is 12.5 Å². The summed E-state index contributed by atoms with van der Waals surface area (Å²) in [6, 6.07) is 2.39. The Labute approximate surface area is 78.9 Å². The second-order valence-corrected chi connectivity index (χ2v) is 2.98. The van der Waals surface area contributed by atoms with Gasteiger partial charge >= 0.3 is 11.9 Å². The molecule has 0 aliphatic carbocycles. The summed E-state index contributed by atoms with van der Waals surface area (Å²) in [6.07, 6.45) is 0. The van der Waals surface area contributed by atoms with Gasteiger partial charge in [0.2, 0.25) is 5.76 Å². The van der Waals surface area contributed by atoms with E-state index >= 15 is 0 Å². The van der Waals surface area contributed by atoms with E-state index in [0.29, 0.717) is 0 Å². The number of rotatable bonds is 3. The molecule has 0 unspecified atom stereocenters. The molecule has 1 heterocycles. The number of carboxylic acids is 2. The Morgan fingerprint density at radius 1 is 1.43 bits per heavy atom. The average Bonchev–Trinajstić information content (AvgIpc) is 2.51. The van der Waals surface area contributed by atoms with E-state index < -0.39 is 17.5 Å². The van der Waals surface area contributed by atoms with E-state index in [4.69, 9.17) is 20.4 Å². The Balaban J connectivity index is 3.09. The highest BCUT2D eigenvalue weighted by atomic mass is 16.4. The number of aromatic carboxylic acids is 1. The first kappa shape index (κ1) is 10.3. The van der Waals surface area contributed by atoms with Crippen molar-refractivity contribution in [3.05, 3.63) is 23.7 Å². The topological polar surface area (TPSA) is 114 Å². The monoisotopic (exact) mass is 199 g/mol. The van der Waals surface area contributed by atoms with Crippen LogP contribution in [-0.2, 0) is 10.3 Å². The molecular formula is C8H9NO5. The number of hydrogen-bond acceptors (Lipinski definition) is 4. The van der Waals surface area contributed by atoms with Gasteiger partial charge in [-0.1, -0.05) is 0 Å². The Hall–Kier alpha value is -1.82. The molecule has 1 rings (SSSR count). The molecule has 76 valence electrons. The van der Waals surface area contributed by atoms with Gasteiger partial charge in [0.15, 0.2) is 5.54 Å². The molecule has 0 amide bonds. The number of nitrogens with two attached hydrogens (primary N) is 1. The minimum atomic E-state index is -1.71. The molecule has 0 aliphatic heterocycles. The molecule has 0 saturated heterocycles. The van der Waals surface area contributed by atoms with E-state index in [2.05, 4.69) is 0 Å². The van der Waals surface area contributed by atoms with Crippen LogP contribution in [0.25, 0.3) is 0 Å². The fraction of sp³-hybridized carbons (Fsp3) is 0.250. The molecule has 0 saturated carbocycles. The van der Waals surface area contributed by atoms with Crippen molar-refractivity contribution in [2.24, 2.45) is 5.73 Å². The van der Waals surface area contributed by atoms with Crippen molar-refractivity contribution in [2.75, 3.05) is 0 Å². The van der Waals surface area contributed by atoms with Crippen molar-refractivity contribution >= 4 is 11.9 Å². The van der Waals surface area contributed by atoms with Gasteiger partial charge in [0, 0.05) is 0 Å². The second-order valence-electron chi connectivity index (χ2n) is 2.98. The lowest BCUT2D eigenvalue weighted by atomic mass is 10.0. The molecule has 0 aliphatic rings. The van der Waals surface area contributed by atoms with Crippen LogP contribution in [0.1, 0.15) is 23.2 Å². The van der Waals surface area contributed by atoms with Crippen molar-refractivity contribution in [1.82, 2.24) is 0 Å². The first-order valence-corrected chi connectivity index (χ1v) is 3.71. The Bertz CT molecular complexity index is 379. The molecule has 0 radical (unpaired) electrons. The van der Waals surface area contributed by atoms with Crippen LogP contribution in [0, 0.1) is 0 Å². The molecule has 0 spiro atoms. The van der Waals surface area contributed by atoms with E-state index in [0.717, 1.165) is 6.07 Å². The predicted octanol–water partition coefficient (Wildman–Crippen LogP) is 0.236. The summed E-state index contributed by atoms with van der Waals surface area (Å²) in [5.74, 6) is -2.98. The highest BCUT2D eigenvalue weighted by Gasteiger charge is 2.34. The summed E-state index contributed by atoms with van der Waals surface area (Å²) < 4.78 is 4.77. The van der Waals surface area contributed by atoms with Crippen molar-refractivity contribution in [3.63, 3.8) is 0 Å². The molecule has 1 aromatic heterocycles. The summed E-state index contributed by atoms with van der Waals surface area (Å²) in [5.41, 5.74) is 3.69. The molecule has 0 bridgehead atoms. The molecule has 0 fully saturated rings. The van der Waals surface area contributed by atoms with Gasteiger partial charge in [-0.05, 0) is 19.1 Å². The van der Waals surface area contributed by atoms with Crippen LogP contribution < -0.4 is 5.73 Å². The van der Waals surface area contributed by atoms with Gasteiger partial charge in [-0.15, -0.1) is 0 Å². The van der Waals surface area contributed by atoms with E-state index in [-0.39, 0.29) is 11.5 Å². The minimum Gasteiger partial charge on any atom is -0.480 e. The van der Waals surface area contributed by atoms with E-state index in [1.807, 2.05) is 0 Å². The van der Waals surface area contributed by atoms with Gasteiger partial charge in [-0.25, -0.2) is 9.59 Å². The van der Waals surface area contributed by atoms with Gasteiger partial charge < -0.3 is 20.4 Å². The zero-order chi connectivity index (χ0) is 10.9. The number of aliphatic carboxylic acids is 1. The maximum Gasteiger partial charge on any atom is 0.371 e. The summed E-state index contributed by atoms with van der Waals surface area (Å²) in [7, 11) is 0. The highest BCUT2D eigenvalue weighted by Crippen LogP contribution is 2.20. The zero-order valence-corrected chi connectivity index (χ0v) is 7.35. The summed E-state index contributed by atoms with van der Waals surface area (Å²) in [5, 5.41) is 17.2. The minimum absolute atomic E-state index is 0.0950. The third kappa shape index (κ3) is 1.60. The van der Waals surface area contributed by atoms with Crippen LogP contribution in [0.5, 0.6) is 0 Å². The van der Waals surface area contributed by atoms with Crippen LogP contribution in [0.2, 0.25) is 0 Å². The summed E-state index contributed by atoms with van der Waals surface area (Å²) in [6.45, 7) is 1.22. The van der Waals surface area contributed by atoms with Crippen LogP contribution in [0.3, 0.4) is 0 Å². The Kier molecular flexibility index (Phi) is 2.31. The zero-order valence-electron chi connectivity index (χ0n) is 7.35. The lowest BCUT2D eigenvalue weighted by Gasteiger charge is -2.15. The first-order chi connectivity index (χ1) is 6.35. The van der Waals surface area contributed by atoms with Gasteiger partial charge in [0.1, 0.15) is 5.76 Å². The highest BCUT2D eigenvalue weighted by molar-refractivity contribution is 5.85. The van der Waals surface area contributed by atoms with E-state index in [1.165, 1.54) is 13.0 Å². The fourth-order valence-electron chi connectivity index (χ4n) is 0.837. The van der Waals surface area contributed by atoms with Crippen LogP contribution in [0.15, 0.2) is 16.5 Å². The van der Waals surface area contributed by atoms with E-state index in [9.17, 15) is 9.59 Å². The Morgan fingerprint density at radius 3 is 2.36 bits per heavy atom. The maximum atomic E-state index is 10.7. The van der Waals surface area contributed by atoms with Crippen LogP contribution in [0.4, 0.5) is 0 Å². The molecule has 4 N–H and O–H groups in total. The lowest BCUT2D eigenvalue weighted by Crippen LogP contribution is -2.41. The van der Waals surface area contributed by atoms with Gasteiger partial charge in [-0.3, -0.25) is 0 Å². The predicted molar refractivity (Wildman–Crippen MR) is 44.8 cm³/mol. The smallest absolute Gasteiger partial charge is 0.371 e. The van der Waals surface area contributed by atoms with Crippen molar-refractivity contribution < 1.29 is 24.2 Å². The quantitative estimate of drug-likeness (QED) is 0.642. The fourth-order valence-corrected chi connectivity index (χ4v) is 0.837. The third-order valence-electron chi connectivity index (χ3n) is 1.77. The molecule has 6 heteroatoms. The molecule has 1 atom stereocenters. The van der Waals surface area contributed by atoms with Crippen LogP contribution >= 0.6 is 0 Å². The van der Waals surface area contributed by atoms with E-state index in [1.54, 1.807) is 0 Å². The van der Waals surface area contributed by atoms with Crippen molar-refractivity contribution in [3.8, 4) is 0 Å². The lowest BCUT2D eigenvalue weighted by molar-refractivity contribution is -0.143. The SMILES string of the molecule is C[C@](N)(C(=O)O)c1ccc(C(=O)O)o1. The second kappa shape index (κ2) is 3.15. The van der Waals surface area contributed by atoms with Crippen molar-refractivity contribution in [1.29, 1.82) is 0 Å². The molecular weight excluding hydrogens is 190 g/mol. The van der Waals surface area contributed by atoms with Crippen LogP contribution in [-0.4, -0.2) is 22.2 Å². The first-order valence-electron chi connectivity index (χ1n) is 3.71. The maximum absolute atomic E-state index is 10.7.